The summed E-state index contributed by atoms with van der Waals surface area (Å²) in [5.74, 6) is 1.07. The summed E-state index contributed by atoms with van der Waals surface area (Å²) in [5.41, 5.74) is 0.921. The van der Waals surface area contributed by atoms with Crippen LogP contribution in [-0.4, -0.2) is 57.9 Å². The van der Waals surface area contributed by atoms with Gasteiger partial charge in [0, 0.05) is 43.5 Å². The molecule has 2 amide bonds. The van der Waals surface area contributed by atoms with Gasteiger partial charge in [-0.2, -0.15) is 4.98 Å². The Bertz CT molecular complexity index is 1030. The lowest BCUT2D eigenvalue weighted by Crippen LogP contribution is -2.49. The molecule has 0 bridgehead atoms. The van der Waals surface area contributed by atoms with Crippen molar-refractivity contribution in [1.82, 2.24) is 25.3 Å². The van der Waals surface area contributed by atoms with E-state index in [1.807, 2.05) is 59.7 Å². The summed E-state index contributed by atoms with van der Waals surface area (Å²) in [6, 6.07) is 13.3. The summed E-state index contributed by atoms with van der Waals surface area (Å²) < 4.78 is 5.52. The topological polar surface area (TPSA) is 91.6 Å². The highest BCUT2D eigenvalue weighted by molar-refractivity contribution is 7.10. The summed E-state index contributed by atoms with van der Waals surface area (Å²) in [4.78, 5) is 34.2. The van der Waals surface area contributed by atoms with Crippen molar-refractivity contribution in [1.29, 1.82) is 0 Å². The summed E-state index contributed by atoms with van der Waals surface area (Å²) in [6.07, 6.45) is 0.264. The highest BCUT2D eigenvalue weighted by atomic mass is 32.1. The smallest absolute Gasteiger partial charge is 0.244 e. The van der Waals surface area contributed by atoms with Crippen LogP contribution >= 0.6 is 11.3 Å². The molecule has 9 heteroatoms. The zero-order valence-electron chi connectivity index (χ0n) is 18.2. The van der Waals surface area contributed by atoms with Gasteiger partial charge in [0.2, 0.25) is 23.5 Å². The summed E-state index contributed by atoms with van der Waals surface area (Å²) in [5, 5.41) is 8.97. The number of carbonyl (C=O) groups is 2. The second-order valence-electron chi connectivity index (χ2n) is 7.89. The number of benzene rings is 1. The van der Waals surface area contributed by atoms with Crippen LogP contribution in [0.4, 0.5) is 0 Å². The Morgan fingerprint density at radius 1 is 1.12 bits per heavy atom. The molecule has 1 aliphatic rings. The average Bonchev–Trinajstić information content (AvgIpc) is 3.51. The first-order valence-electron chi connectivity index (χ1n) is 10.7. The van der Waals surface area contributed by atoms with Crippen LogP contribution in [0.2, 0.25) is 0 Å². The first-order chi connectivity index (χ1) is 15.5. The molecule has 0 aliphatic carbocycles. The molecule has 1 aromatic carbocycles. The number of aromatic nitrogens is 2. The molecule has 1 N–H and O–H groups in total. The molecule has 2 atom stereocenters. The van der Waals surface area contributed by atoms with Crippen LogP contribution in [0, 0.1) is 0 Å². The summed E-state index contributed by atoms with van der Waals surface area (Å²) >= 11 is 1.55. The maximum atomic E-state index is 12.9. The fraction of sp³-hybridized carbons (Fsp3) is 0.391. The number of nitrogens with zero attached hydrogens (tertiary/aromatic N) is 4. The first kappa shape index (κ1) is 22.2. The SMILES string of the molecule is CC(=O)NC(CC(=O)N1CCN(C(C)c2nc(-c3ccccc3)no2)CC1)c1cccs1. The van der Waals surface area contributed by atoms with Crippen LogP contribution in [-0.2, 0) is 9.59 Å². The molecule has 168 valence electrons. The molecule has 0 spiro atoms. The molecule has 4 rings (SSSR count). The van der Waals surface area contributed by atoms with Crippen LogP contribution in [0.15, 0.2) is 52.4 Å². The number of nitrogens with one attached hydrogen (secondary N) is 1. The van der Waals surface area contributed by atoms with Crippen molar-refractivity contribution in [3.05, 3.63) is 58.6 Å². The lowest BCUT2D eigenvalue weighted by molar-refractivity contribution is -0.134. The Balaban J connectivity index is 1.33. The molecule has 8 nitrogen and oxygen atoms in total. The zero-order chi connectivity index (χ0) is 22.5. The highest BCUT2D eigenvalue weighted by Crippen LogP contribution is 2.25. The van der Waals surface area contributed by atoms with Crippen molar-refractivity contribution in [3.63, 3.8) is 0 Å². The molecule has 0 radical (unpaired) electrons. The van der Waals surface area contributed by atoms with Crippen LogP contribution in [0.3, 0.4) is 0 Å². The van der Waals surface area contributed by atoms with E-state index in [4.69, 9.17) is 4.52 Å². The normalized spacial score (nSPS) is 16.5. The number of thiophene rings is 1. The van der Waals surface area contributed by atoms with E-state index in [-0.39, 0.29) is 30.3 Å². The molecule has 3 heterocycles. The van der Waals surface area contributed by atoms with Gasteiger partial charge in [0.1, 0.15) is 0 Å². The standard InChI is InChI=1S/C23H27N5O3S/c1-16(23-25-22(26-31-23)18-7-4-3-5-8-18)27-10-12-28(13-11-27)21(30)15-19(24-17(2)29)20-9-6-14-32-20/h3-9,14,16,19H,10-13,15H2,1-2H3,(H,24,29). The van der Waals surface area contributed by atoms with E-state index < -0.39 is 0 Å². The minimum Gasteiger partial charge on any atom is -0.348 e. The van der Waals surface area contributed by atoms with E-state index >= 15 is 0 Å². The Morgan fingerprint density at radius 2 is 1.88 bits per heavy atom. The van der Waals surface area contributed by atoms with E-state index in [2.05, 4.69) is 20.4 Å². The Hall–Kier alpha value is -3.04. The Morgan fingerprint density at radius 3 is 2.53 bits per heavy atom. The van der Waals surface area contributed by atoms with Gasteiger partial charge in [-0.1, -0.05) is 41.6 Å². The van der Waals surface area contributed by atoms with Crippen molar-refractivity contribution in [3.8, 4) is 11.4 Å². The number of rotatable bonds is 7. The third-order valence-corrected chi connectivity index (χ3v) is 6.67. The van der Waals surface area contributed by atoms with Crippen LogP contribution in [0.1, 0.15) is 43.1 Å². The minimum absolute atomic E-state index is 0.0320. The Kier molecular flexibility index (Phi) is 6.96. The largest absolute Gasteiger partial charge is 0.348 e. The lowest BCUT2D eigenvalue weighted by atomic mass is 10.1. The maximum Gasteiger partial charge on any atom is 0.244 e. The minimum atomic E-state index is -0.285. The van der Waals surface area contributed by atoms with Crippen LogP contribution < -0.4 is 5.32 Å². The number of hydrogen-bond donors (Lipinski definition) is 1. The molecular formula is C23H27N5O3S. The average molecular weight is 454 g/mol. The number of piperazine rings is 1. The van der Waals surface area contributed by atoms with Gasteiger partial charge in [-0.15, -0.1) is 11.3 Å². The van der Waals surface area contributed by atoms with Crippen molar-refractivity contribution in [2.75, 3.05) is 26.2 Å². The molecule has 1 fully saturated rings. The van der Waals surface area contributed by atoms with Gasteiger partial charge in [-0.25, -0.2) is 0 Å². The predicted octanol–water partition coefficient (Wildman–Crippen LogP) is 3.27. The third-order valence-electron chi connectivity index (χ3n) is 5.69. The molecule has 1 saturated heterocycles. The van der Waals surface area contributed by atoms with Gasteiger partial charge in [-0.3, -0.25) is 14.5 Å². The van der Waals surface area contributed by atoms with Gasteiger partial charge in [0.15, 0.2) is 0 Å². The van der Waals surface area contributed by atoms with E-state index in [0.29, 0.717) is 24.8 Å². The number of amides is 2. The van der Waals surface area contributed by atoms with Crippen LogP contribution in [0.25, 0.3) is 11.4 Å². The van der Waals surface area contributed by atoms with Gasteiger partial charge in [0.05, 0.1) is 18.5 Å². The van der Waals surface area contributed by atoms with E-state index in [9.17, 15) is 9.59 Å². The molecule has 1 aliphatic heterocycles. The van der Waals surface area contributed by atoms with Gasteiger partial charge in [-0.05, 0) is 18.4 Å². The van der Waals surface area contributed by atoms with Crippen molar-refractivity contribution in [2.24, 2.45) is 0 Å². The molecule has 2 unspecified atom stereocenters. The second kappa shape index (κ2) is 10.1. The fourth-order valence-electron chi connectivity index (χ4n) is 3.89. The number of hydrogen-bond acceptors (Lipinski definition) is 7. The predicted molar refractivity (Wildman–Crippen MR) is 122 cm³/mol. The monoisotopic (exact) mass is 453 g/mol. The summed E-state index contributed by atoms with van der Waals surface area (Å²) in [7, 11) is 0. The highest BCUT2D eigenvalue weighted by Gasteiger charge is 2.29. The van der Waals surface area contributed by atoms with Crippen LogP contribution in [0.5, 0.6) is 0 Å². The fourth-order valence-corrected chi connectivity index (χ4v) is 4.66. The van der Waals surface area contributed by atoms with Gasteiger partial charge in [0.25, 0.3) is 0 Å². The molecule has 2 aromatic heterocycles. The Labute approximate surface area is 191 Å². The molecule has 32 heavy (non-hydrogen) atoms. The molecular weight excluding hydrogens is 426 g/mol. The van der Waals surface area contributed by atoms with Gasteiger partial charge >= 0.3 is 0 Å². The molecule has 3 aromatic rings. The summed E-state index contributed by atoms with van der Waals surface area (Å²) in [6.45, 7) is 6.22. The van der Waals surface area contributed by atoms with Gasteiger partial charge < -0.3 is 14.7 Å². The quantitative estimate of drug-likeness (QED) is 0.590. The van der Waals surface area contributed by atoms with Crippen molar-refractivity contribution < 1.29 is 14.1 Å². The van der Waals surface area contributed by atoms with E-state index in [1.54, 1.807) is 11.3 Å². The third kappa shape index (κ3) is 5.23. The zero-order valence-corrected chi connectivity index (χ0v) is 19.0. The first-order valence-corrected chi connectivity index (χ1v) is 11.6. The number of carbonyl (C=O) groups excluding carboxylic acids is 2. The van der Waals surface area contributed by atoms with Crippen molar-refractivity contribution in [2.45, 2.75) is 32.4 Å². The molecule has 0 saturated carbocycles. The van der Waals surface area contributed by atoms with E-state index in [1.165, 1.54) is 6.92 Å². The maximum absolute atomic E-state index is 12.9. The lowest BCUT2D eigenvalue weighted by Gasteiger charge is -2.37. The van der Waals surface area contributed by atoms with Crippen molar-refractivity contribution >= 4 is 23.2 Å². The second-order valence-corrected chi connectivity index (χ2v) is 8.87. The van der Waals surface area contributed by atoms with E-state index in [0.717, 1.165) is 23.5 Å².